The Balaban J connectivity index is 1.65. The third-order valence-electron chi connectivity index (χ3n) is 4.65. The number of carbonyl (C=O) groups excluding carboxylic acids is 3. The molecular formula is C26H20N4O3. The van der Waals surface area contributed by atoms with Crippen LogP contribution in [0.5, 0.6) is 0 Å². The smallest absolute Gasteiger partial charge is 0.274 e. The minimum Gasteiger partial charge on any atom is -0.322 e. The molecule has 33 heavy (non-hydrogen) atoms. The van der Waals surface area contributed by atoms with Gasteiger partial charge in [-0.05, 0) is 48.5 Å². The highest BCUT2D eigenvalue weighted by Gasteiger charge is 2.19. The summed E-state index contributed by atoms with van der Waals surface area (Å²) >= 11 is 0. The first-order valence-electron chi connectivity index (χ1n) is 10.2. The fraction of sp³-hybridized carbons (Fsp3) is 0. The molecule has 0 saturated heterocycles. The maximum atomic E-state index is 12.9. The molecule has 0 unspecified atom stereocenters. The SMILES string of the molecule is O=C(Nc1ccccc1)c1cc(C(=O)Nc2ccccc2)nc(C(=O)Nc2ccccc2)c1. The van der Waals surface area contributed by atoms with Gasteiger partial charge in [0.15, 0.2) is 0 Å². The molecule has 1 aromatic heterocycles. The molecule has 0 aliphatic rings. The van der Waals surface area contributed by atoms with E-state index in [0.717, 1.165) is 0 Å². The molecule has 0 bridgehead atoms. The lowest BCUT2D eigenvalue weighted by Crippen LogP contribution is -2.21. The zero-order valence-corrected chi connectivity index (χ0v) is 17.5. The zero-order chi connectivity index (χ0) is 23.0. The van der Waals surface area contributed by atoms with Crippen molar-refractivity contribution in [2.75, 3.05) is 16.0 Å². The van der Waals surface area contributed by atoms with Gasteiger partial charge in [-0.15, -0.1) is 0 Å². The van der Waals surface area contributed by atoms with Crippen LogP contribution in [0.1, 0.15) is 31.3 Å². The van der Waals surface area contributed by atoms with Gasteiger partial charge >= 0.3 is 0 Å². The minimum atomic E-state index is -0.538. The lowest BCUT2D eigenvalue weighted by Gasteiger charge is -2.11. The average molecular weight is 436 g/mol. The summed E-state index contributed by atoms with van der Waals surface area (Å²) in [4.78, 5) is 42.8. The van der Waals surface area contributed by atoms with Crippen molar-refractivity contribution in [1.29, 1.82) is 0 Å². The molecule has 3 aromatic carbocycles. The number of hydrogen-bond donors (Lipinski definition) is 3. The molecule has 4 rings (SSSR count). The number of benzene rings is 3. The number of pyridine rings is 1. The molecule has 0 aliphatic carbocycles. The van der Waals surface area contributed by atoms with Crippen LogP contribution in [-0.4, -0.2) is 22.7 Å². The number of amides is 3. The molecule has 162 valence electrons. The molecule has 0 atom stereocenters. The first kappa shape index (κ1) is 21.5. The Bertz CT molecular complexity index is 1100. The van der Waals surface area contributed by atoms with Crippen molar-refractivity contribution >= 4 is 34.8 Å². The van der Waals surface area contributed by atoms with Crippen LogP contribution in [0.25, 0.3) is 0 Å². The monoisotopic (exact) mass is 436 g/mol. The molecular weight excluding hydrogens is 416 g/mol. The zero-order valence-electron chi connectivity index (χ0n) is 17.5. The van der Waals surface area contributed by atoms with E-state index in [1.165, 1.54) is 12.1 Å². The minimum absolute atomic E-state index is 0.0576. The molecule has 7 nitrogen and oxygen atoms in total. The maximum Gasteiger partial charge on any atom is 0.274 e. The Labute approximate surface area is 190 Å². The number of rotatable bonds is 6. The van der Waals surface area contributed by atoms with Gasteiger partial charge in [0.2, 0.25) is 0 Å². The standard InChI is InChI=1S/C26H20N4O3/c31-24(27-19-10-4-1-5-11-19)18-16-22(25(32)28-20-12-6-2-7-13-20)30-23(17-18)26(33)29-21-14-8-3-9-15-21/h1-17H,(H,27,31)(H,28,32)(H,29,33). The summed E-state index contributed by atoms with van der Waals surface area (Å²) in [5.74, 6) is -1.54. The Morgan fingerprint density at radius 1 is 0.485 bits per heavy atom. The Hall–Kier alpha value is -4.78. The normalized spacial score (nSPS) is 10.2. The summed E-state index contributed by atoms with van der Waals surface area (Å²) in [6.45, 7) is 0. The summed E-state index contributed by atoms with van der Waals surface area (Å²) < 4.78 is 0. The lowest BCUT2D eigenvalue weighted by molar-refractivity contribution is 0.101. The van der Waals surface area contributed by atoms with Crippen LogP contribution >= 0.6 is 0 Å². The van der Waals surface area contributed by atoms with Gasteiger partial charge in [-0.1, -0.05) is 54.6 Å². The third kappa shape index (κ3) is 5.68. The van der Waals surface area contributed by atoms with Crippen molar-refractivity contribution in [3.8, 4) is 0 Å². The Morgan fingerprint density at radius 2 is 0.818 bits per heavy atom. The van der Waals surface area contributed by atoms with E-state index >= 15 is 0 Å². The molecule has 0 fully saturated rings. The van der Waals surface area contributed by atoms with Crippen LogP contribution in [0.3, 0.4) is 0 Å². The van der Waals surface area contributed by atoms with Gasteiger partial charge in [-0.3, -0.25) is 14.4 Å². The Morgan fingerprint density at radius 3 is 1.18 bits per heavy atom. The fourth-order valence-corrected chi connectivity index (χ4v) is 3.05. The molecule has 3 amide bonds. The molecule has 0 spiro atoms. The topological polar surface area (TPSA) is 100 Å². The molecule has 1 heterocycles. The number of anilines is 3. The van der Waals surface area contributed by atoms with Crippen LogP contribution in [0, 0.1) is 0 Å². The summed E-state index contributed by atoms with van der Waals surface area (Å²) in [5, 5.41) is 8.21. The number of carbonyl (C=O) groups is 3. The average Bonchev–Trinajstić information content (AvgIpc) is 2.85. The highest BCUT2D eigenvalue weighted by Crippen LogP contribution is 2.15. The second-order valence-corrected chi connectivity index (χ2v) is 7.09. The second kappa shape index (κ2) is 10.0. The van der Waals surface area contributed by atoms with E-state index in [0.29, 0.717) is 17.1 Å². The number of hydrogen-bond acceptors (Lipinski definition) is 4. The van der Waals surface area contributed by atoms with Crippen LogP contribution in [0.15, 0.2) is 103 Å². The number of nitrogens with zero attached hydrogens (tertiary/aromatic N) is 1. The van der Waals surface area contributed by atoms with Crippen LogP contribution in [-0.2, 0) is 0 Å². The fourth-order valence-electron chi connectivity index (χ4n) is 3.05. The first-order valence-corrected chi connectivity index (χ1v) is 10.2. The van der Waals surface area contributed by atoms with E-state index in [-0.39, 0.29) is 17.0 Å². The van der Waals surface area contributed by atoms with Crippen LogP contribution in [0.2, 0.25) is 0 Å². The van der Waals surface area contributed by atoms with Gasteiger partial charge < -0.3 is 16.0 Å². The van der Waals surface area contributed by atoms with Gasteiger partial charge in [-0.2, -0.15) is 0 Å². The van der Waals surface area contributed by atoms with Gasteiger partial charge in [0.05, 0.1) is 0 Å². The predicted molar refractivity (Wildman–Crippen MR) is 127 cm³/mol. The second-order valence-electron chi connectivity index (χ2n) is 7.09. The molecule has 4 aromatic rings. The largest absolute Gasteiger partial charge is 0.322 e. The van der Waals surface area contributed by atoms with Gasteiger partial charge in [-0.25, -0.2) is 4.98 Å². The number of nitrogens with one attached hydrogen (secondary N) is 3. The van der Waals surface area contributed by atoms with E-state index in [4.69, 9.17) is 0 Å². The van der Waals surface area contributed by atoms with Gasteiger partial charge in [0.1, 0.15) is 11.4 Å². The molecule has 7 heteroatoms. The number of aromatic nitrogens is 1. The van der Waals surface area contributed by atoms with E-state index in [1.54, 1.807) is 72.8 Å². The van der Waals surface area contributed by atoms with E-state index in [1.807, 2.05) is 18.2 Å². The summed E-state index contributed by atoms with van der Waals surface area (Å²) in [5.41, 5.74) is 1.74. The summed E-state index contributed by atoms with van der Waals surface area (Å²) in [6, 6.07) is 29.3. The molecule has 0 aliphatic heterocycles. The van der Waals surface area contributed by atoms with Crippen LogP contribution in [0.4, 0.5) is 17.1 Å². The van der Waals surface area contributed by atoms with Crippen molar-refractivity contribution in [2.24, 2.45) is 0 Å². The van der Waals surface area contributed by atoms with E-state index in [9.17, 15) is 14.4 Å². The molecule has 3 N–H and O–H groups in total. The number of para-hydroxylation sites is 3. The van der Waals surface area contributed by atoms with Crippen molar-refractivity contribution in [2.45, 2.75) is 0 Å². The van der Waals surface area contributed by atoms with E-state index < -0.39 is 17.7 Å². The van der Waals surface area contributed by atoms with Crippen LogP contribution < -0.4 is 16.0 Å². The highest BCUT2D eigenvalue weighted by molar-refractivity contribution is 6.11. The quantitative estimate of drug-likeness (QED) is 0.403. The lowest BCUT2D eigenvalue weighted by atomic mass is 10.1. The molecule has 0 saturated carbocycles. The summed E-state index contributed by atoms with van der Waals surface area (Å²) in [7, 11) is 0. The predicted octanol–water partition coefficient (Wildman–Crippen LogP) is 4.84. The maximum absolute atomic E-state index is 12.9. The van der Waals surface area contributed by atoms with Crippen molar-refractivity contribution in [1.82, 2.24) is 4.98 Å². The van der Waals surface area contributed by atoms with E-state index in [2.05, 4.69) is 20.9 Å². The van der Waals surface area contributed by atoms with Gasteiger partial charge in [0.25, 0.3) is 17.7 Å². The van der Waals surface area contributed by atoms with Gasteiger partial charge in [0, 0.05) is 22.6 Å². The Kier molecular flexibility index (Phi) is 6.51. The first-order chi connectivity index (χ1) is 16.1. The van der Waals surface area contributed by atoms with Crippen molar-refractivity contribution < 1.29 is 14.4 Å². The third-order valence-corrected chi connectivity index (χ3v) is 4.65. The molecule has 0 radical (unpaired) electrons. The van der Waals surface area contributed by atoms with Crippen molar-refractivity contribution in [3.63, 3.8) is 0 Å². The summed E-state index contributed by atoms with van der Waals surface area (Å²) in [6.07, 6.45) is 0. The highest BCUT2D eigenvalue weighted by atomic mass is 16.2. The van der Waals surface area contributed by atoms with Crippen molar-refractivity contribution in [3.05, 3.63) is 120 Å².